The van der Waals surface area contributed by atoms with Crippen molar-refractivity contribution in [2.45, 2.75) is 11.8 Å². The SMILES string of the molecule is Cc1cc(Oc2ccc3cc(C(=O)O)n(C)c3c2)ncc1N(C)S(=O)(=O)c1ccc(Cl)c(Cl)c1. The summed E-state index contributed by atoms with van der Waals surface area (Å²) in [5.74, 6) is -0.301. The number of carboxylic acid groups (broad SMARTS) is 1. The van der Waals surface area contributed by atoms with E-state index in [1.165, 1.54) is 31.4 Å². The lowest BCUT2D eigenvalue weighted by Crippen LogP contribution is -2.27. The van der Waals surface area contributed by atoms with Crippen molar-refractivity contribution < 1.29 is 23.1 Å². The molecule has 0 aliphatic carbocycles. The van der Waals surface area contributed by atoms with Gasteiger partial charge in [0.1, 0.15) is 11.4 Å². The molecule has 0 unspecified atom stereocenters. The molecule has 11 heteroatoms. The number of fused-ring (bicyclic) bond motifs is 1. The van der Waals surface area contributed by atoms with E-state index in [1.807, 2.05) is 0 Å². The fourth-order valence-electron chi connectivity index (χ4n) is 3.53. The van der Waals surface area contributed by atoms with E-state index in [4.69, 9.17) is 27.9 Å². The van der Waals surface area contributed by atoms with Crippen molar-refractivity contribution in [3.8, 4) is 11.6 Å². The smallest absolute Gasteiger partial charge is 0.352 e. The maximum Gasteiger partial charge on any atom is 0.352 e. The highest BCUT2D eigenvalue weighted by Crippen LogP contribution is 2.32. The van der Waals surface area contributed by atoms with Crippen LogP contribution in [0, 0.1) is 6.92 Å². The van der Waals surface area contributed by atoms with Crippen LogP contribution < -0.4 is 9.04 Å². The normalized spacial score (nSPS) is 11.6. The van der Waals surface area contributed by atoms with Crippen molar-refractivity contribution in [1.29, 1.82) is 0 Å². The van der Waals surface area contributed by atoms with Crippen LogP contribution in [0.3, 0.4) is 0 Å². The third-order valence-corrected chi connectivity index (χ3v) is 7.91. The Kier molecular flexibility index (Phi) is 6.20. The molecule has 4 aromatic rings. The van der Waals surface area contributed by atoms with Gasteiger partial charge in [-0.05, 0) is 48.9 Å². The fraction of sp³-hybridized carbons (Fsp3) is 0.130. The highest BCUT2D eigenvalue weighted by Gasteiger charge is 2.24. The number of ether oxygens (including phenoxy) is 1. The summed E-state index contributed by atoms with van der Waals surface area (Å²) < 4.78 is 34.6. The number of carboxylic acids is 1. The minimum absolute atomic E-state index is 0.000673. The summed E-state index contributed by atoms with van der Waals surface area (Å²) in [6.07, 6.45) is 1.41. The number of halogens is 2. The van der Waals surface area contributed by atoms with E-state index in [0.717, 1.165) is 9.69 Å². The Morgan fingerprint density at radius 2 is 1.82 bits per heavy atom. The van der Waals surface area contributed by atoms with Gasteiger partial charge in [-0.25, -0.2) is 18.2 Å². The van der Waals surface area contributed by atoms with Gasteiger partial charge in [0, 0.05) is 31.6 Å². The third kappa shape index (κ3) is 4.29. The topological polar surface area (TPSA) is 102 Å². The molecule has 176 valence electrons. The zero-order valence-electron chi connectivity index (χ0n) is 18.3. The van der Waals surface area contributed by atoms with Crippen LogP contribution in [0.1, 0.15) is 16.1 Å². The number of hydrogen-bond acceptors (Lipinski definition) is 5. The summed E-state index contributed by atoms with van der Waals surface area (Å²) in [6.45, 7) is 1.74. The maximum absolute atomic E-state index is 13.1. The van der Waals surface area contributed by atoms with Gasteiger partial charge in [-0.3, -0.25) is 4.31 Å². The van der Waals surface area contributed by atoms with Crippen LogP contribution in [-0.4, -0.2) is 36.1 Å². The predicted octanol–water partition coefficient (Wildman–Crippen LogP) is 5.50. The molecule has 0 saturated carbocycles. The first-order chi connectivity index (χ1) is 16.0. The minimum Gasteiger partial charge on any atom is -0.477 e. The van der Waals surface area contributed by atoms with Crippen LogP contribution >= 0.6 is 23.2 Å². The lowest BCUT2D eigenvalue weighted by atomic mass is 10.2. The molecule has 1 N–H and O–H groups in total. The average molecular weight is 520 g/mol. The molecule has 0 saturated heterocycles. The first-order valence-corrected chi connectivity index (χ1v) is 12.1. The summed E-state index contributed by atoms with van der Waals surface area (Å²) in [5, 5.41) is 10.5. The first-order valence-electron chi connectivity index (χ1n) is 9.90. The van der Waals surface area contributed by atoms with E-state index >= 15 is 0 Å². The van der Waals surface area contributed by atoms with Crippen molar-refractivity contribution in [1.82, 2.24) is 9.55 Å². The van der Waals surface area contributed by atoms with Crippen molar-refractivity contribution in [3.63, 3.8) is 0 Å². The highest BCUT2D eigenvalue weighted by molar-refractivity contribution is 7.92. The molecule has 0 radical (unpaired) electrons. The number of benzene rings is 2. The van der Waals surface area contributed by atoms with Gasteiger partial charge in [-0.1, -0.05) is 23.2 Å². The molecule has 0 aliphatic heterocycles. The molecule has 0 bridgehead atoms. The Morgan fingerprint density at radius 3 is 2.47 bits per heavy atom. The van der Waals surface area contributed by atoms with Crippen molar-refractivity contribution in [2.75, 3.05) is 11.4 Å². The number of hydrogen-bond donors (Lipinski definition) is 1. The van der Waals surface area contributed by atoms with Crippen molar-refractivity contribution in [2.24, 2.45) is 7.05 Å². The molecule has 0 aliphatic rings. The van der Waals surface area contributed by atoms with Gasteiger partial charge in [-0.2, -0.15) is 0 Å². The van der Waals surface area contributed by atoms with Crippen LogP contribution in [0.5, 0.6) is 11.6 Å². The van der Waals surface area contributed by atoms with Crippen LogP contribution in [0.2, 0.25) is 10.0 Å². The molecule has 2 aromatic heterocycles. The molecule has 8 nitrogen and oxygen atoms in total. The summed E-state index contributed by atoms with van der Waals surface area (Å²) in [7, 11) is -0.815. The Balaban J connectivity index is 1.61. The molecule has 0 amide bonds. The predicted molar refractivity (Wildman–Crippen MR) is 131 cm³/mol. The lowest BCUT2D eigenvalue weighted by molar-refractivity contribution is 0.0687. The first kappa shape index (κ1) is 23.9. The lowest BCUT2D eigenvalue weighted by Gasteiger charge is -2.21. The molecule has 34 heavy (non-hydrogen) atoms. The van der Waals surface area contributed by atoms with Gasteiger partial charge in [0.2, 0.25) is 5.88 Å². The summed E-state index contributed by atoms with van der Waals surface area (Å²) in [5.41, 5.74) is 1.83. The second-order valence-corrected chi connectivity index (χ2v) is 10.4. The van der Waals surface area contributed by atoms with Crippen LogP contribution in [0.15, 0.2) is 59.6 Å². The standard InChI is InChI=1S/C23H19Cl2N3O5S/c1-13-8-22(33-15-5-4-14-9-20(23(29)30)27(2)19(14)10-15)26-12-21(13)28(3)34(31,32)16-6-7-17(24)18(25)11-16/h4-12H,1-3H3,(H,29,30). The fourth-order valence-corrected chi connectivity index (χ4v) is 5.17. The summed E-state index contributed by atoms with van der Waals surface area (Å²) >= 11 is 11.9. The van der Waals surface area contributed by atoms with Gasteiger partial charge in [0.25, 0.3) is 10.0 Å². The van der Waals surface area contributed by atoms with Crippen LogP contribution in [0.25, 0.3) is 10.9 Å². The third-order valence-electron chi connectivity index (χ3n) is 5.41. The number of anilines is 1. The number of sulfonamides is 1. The minimum atomic E-state index is -3.90. The summed E-state index contributed by atoms with van der Waals surface area (Å²) in [4.78, 5) is 15.6. The molecule has 4 rings (SSSR count). The van der Waals surface area contributed by atoms with E-state index < -0.39 is 16.0 Å². The average Bonchev–Trinajstić information content (AvgIpc) is 3.11. The van der Waals surface area contributed by atoms with E-state index in [0.29, 0.717) is 22.5 Å². The molecular formula is C23H19Cl2N3O5S. The number of aryl methyl sites for hydroxylation is 2. The molecule has 0 fully saturated rings. The van der Waals surface area contributed by atoms with Crippen LogP contribution in [-0.2, 0) is 17.1 Å². The van der Waals surface area contributed by atoms with Gasteiger partial charge in [0.15, 0.2) is 0 Å². The van der Waals surface area contributed by atoms with Gasteiger partial charge < -0.3 is 14.4 Å². The number of aromatic nitrogens is 2. The number of rotatable bonds is 6. The van der Waals surface area contributed by atoms with E-state index in [2.05, 4.69) is 4.98 Å². The van der Waals surface area contributed by atoms with Crippen molar-refractivity contribution >= 4 is 55.8 Å². The van der Waals surface area contributed by atoms with E-state index in [9.17, 15) is 18.3 Å². The zero-order chi connectivity index (χ0) is 24.8. The Morgan fingerprint density at radius 1 is 1.09 bits per heavy atom. The largest absolute Gasteiger partial charge is 0.477 e. The molecular weight excluding hydrogens is 501 g/mol. The Bertz CT molecular complexity index is 1550. The Labute approximate surface area is 206 Å². The molecule has 0 atom stereocenters. The second kappa shape index (κ2) is 8.83. The second-order valence-electron chi connectivity index (χ2n) is 7.57. The monoisotopic (exact) mass is 519 g/mol. The summed E-state index contributed by atoms with van der Waals surface area (Å²) in [6, 6.07) is 12.5. The highest BCUT2D eigenvalue weighted by atomic mass is 35.5. The quantitative estimate of drug-likeness (QED) is 0.360. The van der Waals surface area contributed by atoms with Crippen LogP contribution in [0.4, 0.5) is 5.69 Å². The molecule has 2 heterocycles. The van der Waals surface area contributed by atoms with E-state index in [-0.39, 0.29) is 26.5 Å². The van der Waals surface area contributed by atoms with E-state index in [1.54, 1.807) is 48.9 Å². The zero-order valence-corrected chi connectivity index (χ0v) is 20.6. The molecule has 0 spiro atoms. The maximum atomic E-state index is 13.1. The van der Waals surface area contributed by atoms with Gasteiger partial charge >= 0.3 is 5.97 Å². The number of pyridine rings is 1. The molecule has 2 aromatic carbocycles. The number of carbonyl (C=O) groups is 1. The van der Waals surface area contributed by atoms with Gasteiger partial charge in [-0.15, -0.1) is 0 Å². The van der Waals surface area contributed by atoms with Gasteiger partial charge in [0.05, 0.1) is 32.3 Å². The Hall–Kier alpha value is -3.27. The van der Waals surface area contributed by atoms with Crippen molar-refractivity contribution in [3.05, 3.63) is 76.0 Å². The number of nitrogens with zero attached hydrogens (tertiary/aromatic N) is 3. The number of aromatic carboxylic acids is 1.